The first-order valence-electron chi connectivity index (χ1n) is 8.15. The smallest absolute Gasteiger partial charge is 0.227 e. The van der Waals surface area contributed by atoms with Crippen molar-refractivity contribution < 1.29 is 4.79 Å². The maximum absolute atomic E-state index is 12.4. The molecule has 0 saturated heterocycles. The lowest BCUT2D eigenvalue weighted by Crippen LogP contribution is -2.23. The van der Waals surface area contributed by atoms with E-state index in [9.17, 15) is 4.79 Å². The molecule has 0 spiro atoms. The number of nitrogens with zero attached hydrogens (tertiary/aromatic N) is 4. The van der Waals surface area contributed by atoms with Crippen molar-refractivity contribution in [1.82, 2.24) is 20.2 Å². The highest BCUT2D eigenvalue weighted by Crippen LogP contribution is 2.36. The molecule has 1 aromatic carbocycles. The molecule has 1 fully saturated rings. The number of carbonyl (C=O) groups excluding carboxylic acids is 1. The molecule has 0 bridgehead atoms. The van der Waals surface area contributed by atoms with Gasteiger partial charge in [-0.05, 0) is 54.7 Å². The van der Waals surface area contributed by atoms with Crippen LogP contribution >= 0.6 is 0 Å². The fourth-order valence-electron chi connectivity index (χ4n) is 2.96. The van der Waals surface area contributed by atoms with Crippen molar-refractivity contribution in [2.45, 2.75) is 38.1 Å². The Bertz CT molecular complexity index is 747. The maximum Gasteiger partial charge on any atom is 0.227 e. The molecule has 0 unspecified atom stereocenters. The average molecular weight is 309 g/mol. The third kappa shape index (κ3) is 3.02. The van der Waals surface area contributed by atoms with E-state index in [-0.39, 0.29) is 11.8 Å². The van der Waals surface area contributed by atoms with Crippen LogP contribution in [0.4, 0.5) is 5.69 Å². The second-order valence-corrected chi connectivity index (χ2v) is 6.23. The van der Waals surface area contributed by atoms with Crippen LogP contribution in [0.1, 0.15) is 38.1 Å². The van der Waals surface area contributed by atoms with E-state index >= 15 is 0 Å². The summed E-state index contributed by atoms with van der Waals surface area (Å²) in [6.45, 7) is 0. The van der Waals surface area contributed by atoms with Crippen molar-refractivity contribution in [3.63, 3.8) is 0 Å². The highest BCUT2D eigenvalue weighted by Gasteiger charge is 2.28. The zero-order chi connectivity index (χ0) is 15.6. The molecule has 2 aliphatic rings. The largest absolute Gasteiger partial charge is 0.326 e. The third-order valence-corrected chi connectivity index (χ3v) is 4.41. The van der Waals surface area contributed by atoms with Gasteiger partial charge in [-0.3, -0.25) is 4.79 Å². The molecule has 6 heteroatoms. The third-order valence-electron chi connectivity index (χ3n) is 4.41. The van der Waals surface area contributed by atoms with E-state index in [4.69, 9.17) is 0 Å². The van der Waals surface area contributed by atoms with Crippen LogP contribution in [0.2, 0.25) is 0 Å². The Labute approximate surface area is 134 Å². The molecule has 2 aliphatic carbocycles. The van der Waals surface area contributed by atoms with E-state index in [1.807, 2.05) is 28.9 Å². The molecule has 6 nitrogen and oxygen atoms in total. The molecule has 1 N–H and O–H groups in total. The van der Waals surface area contributed by atoms with Crippen molar-refractivity contribution in [2.75, 3.05) is 5.32 Å². The van der Waals surface area contributed by atoms with E-state index in [0.29, 0.717) is 6.04 Å². The molecular formula is C17H19N5O. The number of hydrogen-bond donors (Lipinski definition) is 1. The van der Waals surface area contributed by atoms with E-state index in [2.05, 4.69) is 33.0 Å². The number of amides is 1. The van der Waals surface area contributed by atoms with Crippen LogP contribution in [0.25, 0.3) is 11.4 Å². The first-order valence-corrected chi connectivity index (χ1v) is 8.15. The SMILES string of the molecule is O=C(Nc1cccc(-c2nnnn2C2CC2)c1)[C@H]1CC=CCC1. The summed E-state index contributed by atoms with van der Waals surface area (Å²) in [6.07, 6.45) is 9.21. The molecule has 1 heterocycles. The minimum atomic E-state index is 0.0699. The van der Waals surface area contributed by atoms with Gasteiger partial charge in [0, 0.05) is 17.2 Å². The molecule has 1 atom stereocenters. The summed E-state index contributed by atoms with van der Waals surface area (Å²) >= 11 is 0. The Morgan fingerprint density at radius 1 is 1.22 bits per heavy atom. The van der Waals surface area contributed by atoms with Crippen molar-refractivity contribution in [3.05, 3.63) is 36.4 Å². The van der Waals surface area contributed by atoms with E-state index in [0.717, 1.165) is 49.2 Å². The number of nitrogens with one attached hydrogen (secondary N) is 1. The number of rotatable bonds is 4. The van der Waals surface area contributed by atoms with Gasteiger partial charge >= 0.3 is 0 Å². The zero-order valence-corrected chi connectivity index (χ0v) is 12.9. The summed E-state index contributed by atoms with van der Waals surface area (Å²) in [7, 11) is 0. The van der Waals surface area contributed by atoms with Crippen molar-refractivity contribution in [3.8, 4) is 11.4 Å². The molecule has 0 aliphatic heterocycles. The molecule has 0 radical (unpaired) electrons. The van der Waals surface area contributed by atoms with Gasteiger partial charge in [-0.15, -0.1) is 5.10 Å². The van der Waals surface area contributed by atoms with Gasteiger partial charge in [-0.25, -0.2) is 4.68 Å². The van der Waals surface area contributed by atoms with Crippen molar-refractivity contribution in [1.29, 1.82) is 0 Å². The van der Waals surface area contributed by atoms with Gasteiger partial charge in [0.1, 0.15) is 0 Å². The Morgan fingerprint density at radius 2 is 2.13 bits per heavy atom. The Hall–Kier alpha value is -2.50. The van der Waals surface area contributed by atoms with Crippen LogP contribution < -0.4 is 5.32 Å². The molecule has 23 heavy (non-hydrogen) atoms. The van der Waals surface area contributed by atoms with Gasteiger partial charge in [-0.1, -0.05) is 24.3 Å². The standard InChI is InChI=1S/C17H19N5O/c23-17(12-5-2-1-3-6-12)18-14-8-4-7-13(11-14)16-19-20-21-22(16)15-9-10-15/h1-2,4,7-8,11-12,15H,3,5-6,9-10H2,(H,18,23)/t12-/m0/s1. The summed E-state index contributed by atoms with van der Waals surface area (Å²) in [4.78, 5) is 12.4. The van der Waals surface area contributed by atoms with Crippen LogP contribution in [0.3, 0.4) is 0 Å². The second kappa shape index (κ2) is 5.95. The number of tetrazole rings is 1. The topological polar surface area (TPSA) is 72.7 Å². The Morgan fingerprint density at radius 3 is 2.91 bits per heavy atom. The molecule has 1 amide bonds. The highest BCUT2D eigenvalue weighted by atomic mass is 16.1. The summed E-state index contributed by atoms with van der Waals surface area (Å²) < 4.78 is 1.88. The first-order chi connectivity index (χ1) is 11.3. The molecular weight excluding hydrogens is 290 g/mol. The predicted molar refractivity (Wildman–Crippen MR) is 86.6 cm³/mol. The van der Waals surface area contributed by atoms with Gasteiger partial charge in [0.2, 0.25) is 5.91 Å². The summed E-state index contributed by atoms with van der Waals surface area (Å²) in [5.41, 5.74) is 1.73. The Balaban J connectivity index is 1.53. The van der Waals surface area contributed by atoms with Crippen LogP contribution in [-0.2, 0) is 4.79 Å². The van der Waals surface area contributed by atoms with Gasteiger partial charge in [0.25, 0.3) is 0 Å². The fourth-order valence-corrected chi connectivity index (χ4v) is 2.96. The molecule has 4 rings (SSSR count). The number of anilines is 1. The van der Waals surface area contributed by atoms with Gasteiger partial charge in [-0.2, -0.15) is 0 Å². The monoisotopic (exact) mass is 309 g/mol. The highest BCUT2D eigenvalue weighted by molar-refractivity contribution is 5.93. The number of aromatic nitrogens is 4. The number of hydrogen-bond acceptors (Lipinski definition) is 4. The fraction of sp³-hybridized carbons (Fsp3) is 0.412. The maximum atomic E-state index is 12.4. The lowest BCUT2D eigenvalue weighted by molar-refractivity contribution is -0.120. The number of carbonyl (C=O) groups is 1. The van der Waals surface area contributed by atoms with Crippen molar-refractivity contribution >= 4 is 11.6 Å². The summed E-state index contributed by atoms with van der Waals surface area (Å²) in [6, 6.07) is 8.18. The van der Waals surface area contributed by atoms with E-state index in [1.54, 1.807) is 0 Å². The lowest BCUT2D eigenvalue weighted by atomic mass is 9.93. The van der Waals surface area contributed by atoms with Gasteiger partial charge < -0.3 is 5.32 Å². The lowest BCUT2D eigenvalue weighted by Gasteiger charge is -2.17. The molecule has 2 aromatic rings. The summed E-state index contributed by atoms with van der Waals surface area (Å²) in [5, 5.41) is 15.0. The molecule has 1 saturated carbocycles. The second-order valence-electron chi connectivity index (χ2n) is 6.23. The van der Waals surface area contributed by atoms with E-state index in [1.165, 1.54) is 0 Å². The van der Waals surface area contributed by atoms with Crippen molar-refractivity contribution in [2.24, 2.45) is 5.92 Å². The first kappa shape index (κ1) is 14.1. The molecule has 1 aromatic heterocycles. The summed E-state index contributed by atoms with van der Waals surface area (Å²) in [5.74, 6) is 0.929. The predicted octanol–water partition coefficient (Wildman–Crippen LogP) is 2.97. The van der Waals surface area contributed by atoms with Crippen LogP contribution in [0.5, 0.6) is 0 Å². The molecule has 118 valence electrons. The van der Waals surface area contributed by atoms with Crippen LogP contribution in [-0.4, -0.2) is 26.1 Å². The van der Waals surface area contributed by atoms with Crippen LogP contribution in [0, 0.1) is 5.92 Å². The average Bonchev–Trinajstić information content (AvgIpc) is 3.32. The van der Waals surface area contributed by atoms with Gasteiger partial charge in [0.15, 0.2) is 5.82 Å². The number of allylic oxidation sites excluding steroid dienone is 2. The van der Waals surface area contributed by atoms with Crippen LogP contribution in [0.15, 0.2) is 36.4 Å². The minimum absolute atomic E-state index is 0.0699. The number of benzene rings is 1. The quantitative estimate of drug-likeness (QED) is 0.881. The van der Waals surface area contributed by atoms with E-state index < -0.39 is 0 Å². The van der Waals surface area contributed by atoms with Gasteiger partial charge in [0.05, 0.1) is 6.04 Å². The minimum Gasteiger partial charge on any atom is -0.326 e. The Kier molecular flexibility index (Phi) is 3.65. The normalized spacial score (nSPS) is 20.4. The zero-order valence-electron chi connectivity index (χ0n) is 12.9.